The molecule has 4 rings (SSSR count). The zero-order chi connectivity index (χ0) is 18.6. The van der Waals surface area contributed by atoms with Gasteiger partial charge in [0.1, 0.15) is 11.6 Å². The number of nitrogens with zero attached hydrogens (tertiary/aromatic N) is 2. The first-order chi connectivity index (χ1) is 13.2. The molecule has 1 heterocycles. The number of rotatable bonds is 5. The topological polar surface area (TPSA) is 68.2 Å². The van der Waals surface area contributed by atoms with Gasteiger partial charge in [-0.15, -0.1) is 0 Å². The van der Waals surface area contributed by atoms with Crippen LogP contribution in [0.4, 0.5) is 16.3 Å². The van der Waals surface area contributed by atoms with E-state index in [1.165, 1.54) is 6.42 Å². The minimum atomic E-state index is -0.336. The predicted molar refractivity (Wildman–Crippen MR) is 106 cm³/mol. The van der Waals surface area contributed by atoms with Crippen LogP contribution in [-0.4, -0.2) is 22.9 Å². The number of methoxy groups -OCH3 is 1. The van der Waals surface area contributed by atoms with E-state index in [0.717, 1.165) is 24.2 Å². The van der Waals surface area contributed by atoms with Crippen molar-refractivity contribution in [1.82, 2.24) is 9.78 Å². The number of para-hydroxylation sites is 3. The molecule has 3 aromatic rings. The molecule has 0 saturated heterocycles. The largest absolute Gasteiger partial charge is 0.495 e. The summed E-state index contributed by atoms with van der Waals surface area (Å²) >= 11 is 0. The van der Waals surface area contributed by atoms with Gasteiger partial charge in [0.15, 0.2) is 0 Å². The molecule has 2 aromatic carbocycles. The summed E-state index contributed by atoms with van der Waals surface area (Å²) in [5.41, 5.74) is 2.55. The van der Waals surface area contributed by atoms with Crippen molar-refractivity contribution in [3.05, 3.63) is 66.4 Å². The van der Waals surface area contributed by atoms with Crippen molar-refractivity contribution in [3.8, 4) is 11.4 Å². The fourth-order valence-electron chi connectivity index (χ4n) is 3.18. The number of carbonyl (C=O) groups is 1. The first kappa shape index (κ1) is 17.1. The smallest absolute Gasteiger partial charge is 0.324 e. The number of aromatic nitrogens is 2. The Morgan fingerprint density at radius 1 is 1.07 bits per heavy atom. The molecule has 0 bridgehead atoms. The van der Waals surface area contributed by atoms with Crippen molar-refractivity contribution < 1.29 is 9.53 Å². The highest BCUT2D eigenvalue weighted by molar-refractivity contribution is 6.00. The molecule has 0 spiro atoms. The van der Waals surface area contributed by atoms with Crippen LogP contribution in [0.15, 0.2) is 60.7 Å². The Morgan fingerprint density at radius 3 is 2.52 bits per heavy atom. The van der Waals surface area contributed by atoms with Crippen molar-refractivity contribution in [3.63, 3.8) is 0 Å². The summed E-state index contributed by atoms with van der Waals surface area (Å²) in [4.78, 5) is 12.6. The van der Waals surface area contributed by atoms with Gasteiger partial charge in [-0.05, 0) is 37.1 Å². The summed E-state index contributed by atoms with van der Waals surface area (Å²) in [6.45, 7) is 0. The highest BCUT2D eigenvalue weighted by Gasteiger charge is 2.24. The molecule has 0 atom stereocenters. The fraction of sp³-hybridized carbons (Fsp3) is 0.238. The van der Waals surface area contributed by atoms with Crippen LogP contribution < -0.4 is 15.4 Å². The predicted octanol–water partition coefficient (Wildman–Crippen LogP) is 4.79. The molecule has 0 unspecified atom stereocenters. The van der Waals surface area contributed by atoms with Gasteiger partial charge in [0.2, 0.25) is 0 Å². The monoisotopic (exact) mass is 362 g/mol. The maximum absolute atomic E-state index is 12.6. The van der Waals surface area contributed by atoms with Crippen LogP contribution >= 0.6 is 0 Å². The van der Waals surface area contributed by atoms with Gasteiger partial charge in [0.05, 0.1) is 24.2 Å². The molecule has 6 heteroatoms. The summed E-state index contributed by atoms with van der Waals surface area (Å²) in [6.07, 6.45) is 3.54. The minimum Gasteiger partial charge on any atom is -0.495 e. The molecule has 2 N–H and O–H groups in total. The molecule has 0 radical (unpaired) electrons. The van der Waals surface area contributed by atoms with E-state index in [9.17, 15) is 4.79 Å². The number of hydrogen-bond donors (Lipinski definition) is 2. The number of anilines is 2. The minimum absolute atomic E-state index is 0.336. The SMILES string of the molecule is COc1ccccc1NC(=O)Nc1cc(C2CCC2)nn1-c1ccccc1. The quantitative estimate of drug-likeness (QED) is 0.685. The first-order valence-electron chi connectivity index (χ1n) is 9.11. The van der Waals surface area contributed by atoms with Crippen LogP contribution in [0.2, 0.25) is 0 Å². The van der Waals surface area contributed by atoms with Gasteiger partial charge in [0, 0.05) is 12.0 Å². The highest BCUT2D eigenvalue weighted by atomic mass is 16.5. The maximum atomic E-state index is 12.6. The van der Waals surface area contributed by atoms with Crippen molar-refractivity contribution in [1.29, 1.82) is 0 Å². The summed E-state index contributed by atoms with van der Waals surface area (Å²) in [5.74, 6) is 1.74. The standard InChI is InChI=1S/C21H22N4O2/c1-27-19-13-6-5-12-17(19)22-21(26)23-20-14-18(15-8-7-9-15)24-25(20)16-10-3-2-4-11-16/h2-6,10-15H,7-9H2,1H3,(H2,22,23,26). The van der Waals surface area contributed by atoms with E-state index in [2.05, 4.69) is 10.6 Å². The summed E-state index contributed by atoms with van der Waals surface area (Å²) in [7, 11) is 1.58. The lowest BCUT2D eigenvalue weighted by Gasteiger charge is -2.22. The highest BCUT2D eigenvalue weighted by Crippen LogP contribution is 2.37. The molecule has 6 nitrogen and oxygen atoms in total. The lowest BCUT2D eigenvalue weighted by Crippen LogP contribution is -2.21. The van der Waals surface area contributed by atoms with E-state index in [-0.39, 0.29) is 6.03 Å². The van der Waals surface area contributed by atoms with Gasteiger partial charge in [0.25, 0.3) is 0 Å². The van der Waals surface area contributed by atoms with Gasteiger partial charge in [-0.1, -0.05) is 36.8 Å². The Hall–Kier alpha value is -3.28. The number of benzene rings is 2. The molecule has 1 fully saturated rings. The van der Waals surface area contributed by atoms with E-state index < -0.39 is 0 Å². The zero-order valence-corrected chi connectivity index (χ0v) is 15.2. The van der Waals surface area contributed by atoms with Gasteiger partial charge in [-0.3, -0.25) is 5.32 Å². The van der Waals surface area contributed by atoms with Crippen molar-refractivity contribution in [2.45, 2.75) is 25.2 Å². The van der Waals surface area contributed by atoms with Crippen LogP contribution in [0.1, 0.15) is 30.9 Å². The summed E-state index contributed by atoms with van der Waals surface area (Å²) in [6, 6.07) is 18.8. The molecular weight excluding hydrogens is 340 g/mol. The Labute approximate surface area is 158 Å². The summed E-state index contributed by atoms with van der Waals surface area (Å²) in [5, 5.41) is 10.5. The Balaban J connectivity index is 1.58. The second-order valence-electron chi connectivity index (χ2n) is 6.61. The fourth-order valence-corrected chi connectivity index (χ4v) is 3.18. The molecule has 27 heavy (non-hydrogen) atoms. The van der Waals surface area contributed by atoms with E-state index in [1.54, 1.807) is 23.9 Å². The van der Waals surface area contributed by atoms with Gasteiger partial charge >= 0.3 is 6.03 Å². The molecule has 1 saturated carbocycles. The van der Waals surface area contributed by atoms with Crippen LogP contribution in [0.5, 0.6) is 5.75 Å². The molecule has 138 valence electrons. The van der Waals surface area contributed by atoms with Crippen LogP contribution in [0.25, 0.3) is 5.69 Å². The zero-order valence-electron chi connectivity index (χ0n) is 15.2. The third-order valence-electron chi connectivity index (χ3n) is 4.85. The van der Waals surface area contributed by atoms with Gasteiger partial charge in [-0.2, -0.15) is 5.10 Å². The molecule has 2 amide bonds. The van der Waals surface area contributed by atoms with Crippen LogP contribution in [0, 0.1) is 0 Å². The average molecular weight is 362 g/mol. The van der Waals surface area contributed by atoms with Crippen LogP contribution in [-0.2, 0) is 0 Å². The van der Waals surface area contributed by atoms with Crippen molar-refractivity contribution in [2.75, 3.05) is 17.7 Å². The lowest BCUT2D eigenvalue weighted by atomic mass is 9.83. The maximum Gasteiger partial charge on any atom is 0.324 e. The van der Waals surface area contributed by atoms with E-state index in [4.69, 9.17) is 9.84 Å². The molecule has 0 aliphatic heterocycles. The summed E-state index contributed by atoms with van der Waals surface area (Å²) < 4.78 is 7.07. The van der Waals surface area contributed by atoms with Crippen molar-refractivity contribution in [2.24, 2.45) is 0 Å². The third kappa shape index (κ3) is 3.65. The Bertz CT molecular complexity index is 932. The Kier molecular flexibility index (Phi) is 4.78. The number of amides is 2. The second-order valence-corrected chi connectivity index (χ2v) is 6.61. The van der Waals surface area contributed by atoms with E-state index in [0.29, 0.717) is 23.2 Å². The van der Waals surface area contributed by atoms with Gasteiger partial charge < -0.3 is 10.1 Å². The normalized spacial score (nSPS) is 13.7. The average Bonchev–Trinajstić information content (AvgIpc) is 3.04. The molecule has 1 aromatic heterocycles. The molecular formula is C21H22N4O2. The number of hydrogen-bond acceptors (Lipinski definition) is 3. The number of urea groups is 1. The Morgan fingerprint density at radius 2 is 1.81 bits per heavy atom. The van der Waals surface area contributed by atoms with E-state index >= 15 is 0 Å². The molecule has 1 aliphatic rings. The van der Waals surface area contributed by atoms with E-state index in [1.807, 2.05) is 48.5 Å². The van der Waals surface area contributed by atoms with Gasteiger partial charge in [-0.25, -0.2) is 9.48 Å². The first-order valence-corrected chi connectivity index (χ1v) is 9.11. The number of ether oxygens (including phenoxy) is 1. The number of nitrogens with one attached hydrogen (secondary N) is 2. The third-order valence-corrected chi connectivity index (χ3v) is 4.85. The lowest BCUT2D eigenvalue weighted by molar-refractivity contribution is 0.262. The molecule has 1 aliphatic carbocycles. The van der Waals surface area contributed by atoms with Crippen LogP contribution in [0.3, 0.4) is 0 Å². The van der Waals surface area contributed by atoms with Crippen molar-refractivity contribution >= 4 is 17.5 Å². The number of carbonyl (C=O) groups excluding carboxylic acids is 1. The second kappa shape index (κ2) is 7.53.